The molecule has 166 valence electrons. The minimum absolute atomic E-state index is 0.0740. The largest absolute Gasteiger partial charge is 0.508 e. The lowest BCUT2D eigenvalue weighted by Gasteiger charge is -2.38. The van der Waals surface area contributed by atoms with E-state index < -0.39 is 36.4 Å². The summed E-state index contributed by atoms with van der Waals surface area (Å²) in [5, 5.41) is 39.6. The van der Waals surface area contributed by atoms with E-state index in [0.29, 0.717) is 5.56 Å². The lowest BCUT2D eigenvalue weighted by atomic mass is 9.76. The number of carboxylic acid groups (broad SMARTS) is 2. The summed E-state index contributed by atoms with van der Waals surface area (Å²) in [7, 11) is 0. The van der Waals surface area contributed by atoms with Gasteiger partial charge in [0, 0.05) is 27.8 Å². The number of rotatable bonds is 4. The lowest BCUT2D eigenvalue weighted by molar-refractivity contribution is -0.137. The number of benzene rings is 3. The molecule has 2 aliphatic rings. The normalized spacial score (nSPS) is 14.6. The highest BCUT2D eigenvalue weighted by Gasteiger charge is 2.54. The maximum absolute atomic E-state index is 12.9. The minimum atomic E-state index is -1.60. The number of carbonyl (C=O) groups is 3. The van der Waals surface area contributed by atoms with Crippen LogP contribution in [0.1, 0.15) is 38.2 Å². The van der Waals surface area contributed by atoms with E-state index in [0.717, 1.165) is 0 Å². The third kappa shape index (κ3) is 2.82. The molecular weight excluding hydrogens is 432 g/mol. The summed E-state index contributed by atoms with van der Waals surface area (Å²) < 4.78 is 11.9. The number of carboxylic acids is 2. The van der Waals surface area contributed by atoms with Gasteiger partial charge in [-0.15, -0.1) is 0 Å². The van der Waals surface area contributed by atoms with Crippen molar-refractivity contribution in [2.75, 3.05) is 0 Å². The average Bonchev–Trinajstić information content (AvgIpc) is 3.05. The summed E-state index contributed by atoms with van der Waals surface area (Å²) in [6.07, 6.45) is -1.22. The number of aromatic hydroxyl groups is 2. The Labute approximate surface area is 186 Å². The number of fused-ring (bicyclic) bond motifs is 6. The molecular formula is C24H16O9. The molecule has 3 aromatic carbocycles. The van der Waals surface area contributed by atoms with Gasteiger partial charge in [0.2, 0.25) is 0 Å². The summed E-state index contributed by atoms with van der Waals surface area (Å²) >= 11 is 0. The van der Waals surface area contributed by atoms with Gasteiger partial charge in [-0.2, -0.15) is 0 Å². The van der Waals surface area contributed by atoms with Crippen LogP contribution in [-0.4, -0.2) is 38.3 Å². The van der Waals surface area contributed by atoms with Crippen LogP contribution in [0.4, 0.5) is 0 Å². The van der Waals surface area contributed by atoms with Gasteiger partial charge in [-0.3, -0.25) is 9.59 Å². The molecule has 0 bridgehead atoms. The number of ether oxygens (including phenoxy) is 2. The van der Waals surface area contributed by atoms with E-state index >= 15 is 0 Å². The maximum Gasteiger partial charge on any atom is 0.340 e. The number of aliphatic carboxylic acids is 2. The smallest absolute Gasteiger partial charge is 0.340 e. The Bertz CT molecular complexity index is 1300. The van der Waals surface area contributed by atoms with Crippen molar-refractivity contribution in [1.82, 2.24) is 0 Å². The summed E-state index contributed by atoms with van der Waals surface area (Å²) in [6.45, 7) is 0. The number of phenols is 2. The maximum atomic E-state index is 12.9. The molecule has 0 saturated heterocycles. The quantitative estimate of drug-likeness (QED) is 0.442. The molecule has 3 aromatic rings. The molecule has 0 saturated carbocycles. The molecule has 0 aliphatic carbocycles. The van der Waals surface area contributed by atoms with Crippen LogP contribution in [0.5, 0.6) is 23.0 Å². The van der Waals surface area contributed by atoms with Crippen molar-refractivity contribution < 1.29 is 44.3 Å². The van der Waals surface area contributed by atoms with Gasteiger partial charge in [-0.05, 0) is 30.3 Å². The Morgan fingerprint density at radius 2 is 1.27 bits per heavy atom. The zero-order chi connectivity index (χ0) is 23.5. The van der Waals surface area contributed by atoms with E-state index in [9.17, 15) is 34.8 Å². The average molecular weight is 448 g/mol. The van der Waals surface area contributed by atoms with Gasteiger partial charge in [-0.25, -0.2) is 4.79 Å². The highest BCUT2D eigenvalue weighted by Crippen LogP contribution is 2.59. The zero-order valence-electron chi connectivity index (χ0n) is 16.9. The molecule has 0 atom stereocenters. The fraction of sp³-hybridized carbons (Fsp3) is 0.125. The molecule has 0 fully saturated rings. The van der Waals surface area contributed by atoms with Gasteiger partial charge in [0.15, 0.2) is 5.60 Å². The molecule has 0 aromatic heterocycles. The van der Waals surface area contributed by atoms with Crippen LogP contribution in [-0.2, 0) is 32.8 Å². The first-order chi connectivity index (χ1) is 15.7. The van der Waals surface area contributed by atoms with Crippen LogP contribution in [0.25, 0.3) is 0 Å². The van der Waals surface area contributed by atoms with E-state index in [1.54, 1.807) is 24.3 Å². The Balaban J connectivity index is 1.91. The van der Waals surface area contributed by atoms with Crippen LogP contribution in [0, 0.1) is 0 Å². The van der Waals surface area contributed by atoms with E-state index in [1.807, 2.05) is 0 Å². The SMILES string of the molecule is O=C(O)Cc1c(O)ccc2c1Oc1c(ccc(O)c1CC(=O)O)C21OC(=O)c2ccccc21. The molecule has 33 heavy (non-hydrogen) atoms. The van der Waals surface area contributed by atoms with Gasteiger partial charge in [0.1, 0.15) is 23.0 Å². The van der Waals surface area contributed by atoms with Crippen LogP contribution in [0.15, 0.2) is 48.5 Å². The Kier molecular flexibility index (Phi) is 4.32. The molecule has 4 N–H and O–H groups in total. The topological polar surface area (TPSA) is 151 Å². The van der Waals surface area contributed by atoms with Crippen molar-refractivity contribution in [2.45, 2.75) is 18.4 Å². The number of esters is 1. The summed E-state index contributed by atoms with van der Waals surface area (Å²) in [6, 6.07) is 12.1. The lowest BCUT2D eigenvalue weighted by Crippen LogP contribution is -2.34. The predicted molar refractivity (Wildman–Crippen MR) is 111 cm³/mol. The number of carbonyl (C=O) groups excluding carboxylic acids is 1. The summed E-state index contributed by atoms with van der Waals surface area (Å²) in [5.74, 6) is -3.98. The molecule has 2 heterocycles. The zero-order valence-corrected chi connectivity index (χ0v) is 16.9. The van der Waals surface area contributed by atoms with Gasteiger partial charge < -0.3 is 29.9 Å². The standard InChI is InChI=1S/C24H16O9/c25-17-7-5-15-21(12(17)9-19(27)28)32-22-13(10-20(29)30)18(26)8-6-16(22)24(15)14-4-2-1-3-11(14)23(31)33-24/h1-8,25-26H,9-10H2,(H,27,28)(H,29,30). The fourth-order valence-electron chi connectivity index (χ4n) is 4.53. The van der Waals surface area contributed by atoms with Crippen molar-refractivity contribution in [3.8, 4) is 23.0 Å². The predicted octanol–water partition coefficient (Wildman–Crippen LogP) is 2.92. The Morgan fingerprint density at radius 1 is 0.758 bits per heavy atom. The third-order valence-electron chi connectivity index (χ3n) is 5.86. The van der Waals surface area contributed by atoms with Crippen molar-refractivity contribution in [1.29, 1.82) is 0 Å². The molecule has 0 amide bonds. The number of phenolic OH excluding ortho intramolecular Hbond substituents is 2. The molecule has 2 aliphatic heterocycles. The number of hydrogen-bond donors (Lipinski definition) is 4. The first-order valence-corrected chi connectivity index (χ1v) is 9.89. The molecule has 5 rings (SSSR count). The molecule has 0 unspecified atom stereocenters. The molecule has 0 radical (unpaired) electrons. The first-order valence-electron chi connectivity index (χ1n) is 9.89. The van der Waals surface area contributed by atoms with Crippen molar-refractivity contribution >= 4 is 17.9 Å². The van der Waals surface area contributed by atoms with E-state index in [4.69, 9.17) is 9.47 Å². The Hall–Kier alpha value is -4.53. The van der Waals surface area contributed by atoms with Crippen LogP contribution in [0.2, 0.25) is 0 Å². The third-order valence-corrected chi connectivity index (χ3v) is 5.86. The summed E-state index contributed by atoms with van der Waals surface area (Å²) in [5.41, 5.74) is -0.482. The van der Waals surface area contributed by atoms with Crippen LogP contribution < -0.4 is 4.74 Å². The molecule has 9 heteroatoms. The van der Waals surface area contributed by atoms with Gasteiger partial charge in [0.25, 0.3) is 0 Å². The minimum Gasteiger partial charge on any atom is -0.508 e. The highest BCUT2D eigenvalue weighted by molar-refractivity contribution is 5.97. The van der Waals surface area contributed by atoms with Crippen molar-refractivity contribution in [3.63, 3.8) is 0 Å². The molecule has 9 nitrogen and oxygen atoms in total. The first kappa shape index (κ1) is 20.4. The fourth-order valence-corrected chi connectivity index (χ4v) is 4.53. The van der Waals surface area contributed by atoms with Crippen LogP contribution >= 0.6 is 0 Å². The van der Waals surface area contributed by atoms with E-state index in [1.165, 1.54) is 24.3 Å². The molecule has 1 spiro atoms. The second-order valence-electron chi connectivity index (χ2n) is 7.74. The van der Waals surface area contributed by atoms with Gasteiger partial charge in [-0.1, -0.05) is 18.2 Å². The van der Waals surface area contributed by atoms with E-state index in [-0.39, 0.29) is 50.8 Å². The van der Waals surface area contributed by atoms with Crippen molar-refractivity contribution in [3.05, 3.63) is 81.9 Å². The summed E-state index contributed by atoms with van der Waals surface area (Å²) in [4.78, 5) is 35.9. The number of hydrogen-bond acceptors (Lipinski definition) is 7. The Morgan fingerprint density at radius 3 is 1.79 bits per heavy atom. The van der Waals surface area contributed by atoms with Crippen LogP contribution in [0.3, 0.4) is 0 Å². The van der Waals surface area contributed by atoms with E-state index in [2.05, 4.69) is 0 Å². The van der Waals surface area contributed by atoms with Crippen molar-refractivity contribution in [2.24, 2.45) is 0 Å². The van der Waals surface area contributed by atoms with Gasteiger partial charge in [0.05, 0.1) is 18.4 Å². The monoisotopic (exact) mass is 448 g/mol. The van der Waals surface area contributed by atoms with Gasteiger partial charge >= 0.3 is 17.9 Å². The highest BCUT2D eigenvalue weighted by atomic mass is 16.6. The second kappa shape index (κ2) is 6.99. The second-order valence-corrected chi connectivity index (χ2v) is 7.74.